The zero-order valence-electron chi connectivity index (χ0n) is 17.3. The van der Waals surface area contributed by atoms with E-state index in [1.807, 2.05) is 31.2 Å². The Morgan fingerprint density at radius 3 is 2.18 bits per heavy atom. The maximum Gasteiger partial charge on any atom is 0.265 e. The van der Waals surface area contributed by atoms with Crippen LogP contribution < -0.4 is 19.5 Å². The lowest BCUT2D eigenvalue weighted by molar-refractivity contribution is -0.122. The number of nitrogens with one attached hydrogen (secondary N) is 1. The molecule has 2 rings (SSSR count). The van der Waals surface area contributed by atoms with Crippen LogP contribution in [0.4, 0.5) is 5.69 Å². The molecule has 1 amide bonds. The number of methoxy groups -OCH3 is 2. The summed E-state index contributed by atoms with van der Waals surface area (Å²) in [6, 6.07) is 11.1. The number of hydrogen-bond acceptors (Lipinski definition) is 4. The van der Waals surface area contributed by atoms with Crippen molar-refractivity contribution >= 4 is 23.2 Å². The predicted molar refractivity (Wildman–Crippen MR) is 113 cm³/mol. The second kappa shape index (κ2) is 9.20. The van der Waals surface area contributed by atoms with Crippen molar-refractivity contribution < 1.29 is 19.0 Å². The fourth-order valence-corrected chi connectivity index (χ4v) is 2.92. The van der Waals surface area contributed by atoms with Gasteiger partial charge in [0.25, 0.3) is 5.91 Å². The Bertz CT molecular complexity index is 813. The topological polar surface area (TPSA) is 56.8 Å². The van der Waals surface area contributed by atoms with Crippen molar-refractivity contribution in [3.63, 3.8) is 0 Å². The number of benzene rings is 2. The maximum absolute atomic E-state index is 12.8. The van der Waals surface area contributed by atoms with Gasteiger partial charge in [-0.15, -0.1) is 0 Å². The van der Waals surface area contributed by atoms with Crippen LogP contribution in [-0.4, -0.2) is 26.2 Å². The van der Waals surface area contributed by atoms with Gasteiger partial charge in [-0.3, -0.25) is 4.79 Å². The van der Waals surface area contributed by atoms with Crippen LogP contribution in [0.5, 0.6) is 17.2 Å². The predicted octanol–water partition coefficient (Wildman–Crippen LogP) is 5.45. The number of carbonyl (C=O) groups is 1. The Balaban J connectivity index is 2.16. The Hall–Kier alpha value is -2.40. The van der Waals surface area contributed by atoms with Crippen LogP contribution in [0.25, 0.3) is 0 Å². The molecular formula is C22H28ClNO4. The van der Waals surface area contributed by atoms with E-state index in [4.69, 9.17) is 25.8 Å². The first kappa shape index (κ1) is 21.9. The summed E-state index contributed by atoms with van der Waals surface area (Å²) in [4.78, 5) is 12.8. The quantitative estimate of drug-likeness (QED) is 0.665. The highest BCUT2D eigenvalue weighted by molar-refractivity contribution is 6.32. The molecule has 0 unspecified atom stereocenters. The fraction of sp³-hybridized carbons (Fsp3) is 0.409. The van der Waals surface area contributed by atoms with Gasteiger partial charge in [-0.1, -0.05) is 51.4 Å². The largest absolute Gasteiger partial charge is 0.495 e. The number of amides is 1. The first-order valence-electron chi connectivity index (χ1n) is 9.19. The average Bonchev–Trinajstić information content (AvgIpc) is 2.66. The Kier molecular flexibility index (Phi) is 7.19. The van der Waals surface area contributed by atoms with Crippen molar-refractivity contribution in [3.05, 3.63) is 47.0 Å². The summed E-state index contributed by atoms with van der Waals surface area (Å²) in [6.45, 7) is 8.35. The van der Waals surface area contributed by atoms with E-state index in [9.17, 15) is 4.79 Å². The normalized spacial score (nSPS) is 12.2. The summed E-state index contributed by atoms with van der Waals surface area (Å²) in [5.74, 6) is 1.27. The number of halogens is 1. The van der Waals surface area contributed by atoms with Gasteiger partial charge in [0, 0.05) is 12.1 Å². The zero-order valence-corrected chi connectivity index (χ0v) is 18.0. The highest BCUT2D eigenvalue weighted by Gasteiger charge is 2.21. The molecule has 0 aliphatic carbocycles. The second-order valence-corrected chi connectivity index (χ2v) is 7.87. The number of hydrogen-bond donors (Lipinski definition) is 1. The van der Waals surface area contributed by atoms with E-state index in [0.717, 1.165) is 0 Å². The molecule has 28 heavy (non-hydrogen) atoms. The highest BCUT2D eigenvalue weighted by Crippen LogP contribution is 2.36. The monoisotopic (exact) mass is 405 g/mol. The van der Waals surface area contributed by atoms with Gasteiger partial charge in [-0.05, 0) is 29.5 Å². The molecule has 0 aliphatic heterocycles. The van der Waals surface area contributed by atoms with E-state index in [0.29, 0.717) is 34.4 Å². The van der Waals surface area contributed by atoms with Gasteiger partial charge in [0.15, 0.2) is 6.10 Å². The fourth-order valence-electron chi connectivity index (χ4n) is 2.69. The van der Waals surface area contributed by atoms with Crippen LogP contribution in [0.3, 0.4) is 0 Å². The molecular weight excluding hydrogens is 378 g/mol. The van der Waals surface area contributed by atoms with Gasteiger partial charge in [0.1, 0.15) is 17.2 Å². The summed E-state index contributed by atoms with van der Waals surface area (Å²) in [7, 11) is 3.02. The molecule has 0 aromatic heterocycles. The van der Waals surface area contributed by atoms with Crippen LogP contribution in [-0.2, 0) is 10.2 Å². The molecule has 0 fully saturated rings. The Morgan fingerprint density at radius 2 is 1.68 bits per heavy atom. The number of carbonyl (C=O) groups excluding carboxylic acids is 1. The molecule has 0 aliphatic rings. The van der Waals surface area contributed by atoms with Crippen molar-refractivity contribution in [2.45, 2.75) is 45.6 Å². The number of ether oxygens (including phenoxy) is 3. The maximum atomic E-state index is 12.8. The minimum Gasteiger partial charge on any atom is -0.495 e. The molecule has 0 bridgehead atoms. The summed E-state index contributed by atoms with van der Waals surface area (Å²) in [5, 5.41) is 3.25. The van der Waals surface area contributed by atoms with Crippen LogP contribution in [0.1, 0.15) is 39.7 Å². The van der Waals surface area contributed by atoms with Gasteiger partial charge in [-0.2, -0.15) is 0 Å². The van der Waals surface area contributed by atoms with Crippen molar-refractivity contribution in [1.82, 2.24) is 0 Å². The van der Waals surface area contributed by atoms with E-state index in [-0.39, 0.29) is 11.3 Å². The van der Waals surface area contributed by atoms with Gasteiger partial charge in [0.2, 0.25) is 0 Å². The van der Waals surface area contributed by atoms with Crippen molar-refractivity contribution in [2.75, 3.05) is 19.5 Å². The molecule has 0 radical (unpaired) electrons. The second-order valence-electron chi connectivity index (χ2n) is 7.47. The molecule has 0 heterocycles. The smallest absolute Gasteiger partial charge is 0.265 e. The Morgan fingerprint density at radius 1 is 1.07 bits per heavy atom. The van der Waals surface area contributed by atoms with Crippen molar-refractivity contribution in [2.24, 2.45) is 0 Å². The Labute approximate surface area is 171 Å². The van der Waals surface area contributed by atoms with E-state index in [1.54, 1.807) is 12.1 Å². The van der Waals surface area contributed by atoms with Crippen LogP contribution in [0, 0.1) is 0 Å². The summed E-state index contributed by atoms with van der Waals surface area (Å²) < 4.78 is 16.4. The van der Waals surface area contributed by atoms with Gasteiger partial charge >= 0.3 is 0 Å². The van der Waals surface area contributed by atoms with Crippen LogP contribution >= 0.6 is 11.6 Å². The van der Waals surface area contributed by atoms with E-state index >= 15 is 0 Å². The van der Waals surface area contributed by atoms with Crippen molar-refractivity contribution in [3.8, 4) is 17.2 Å². The van der Waals surface area contributed by atoms with E-state index < -0.39 is 6.10 Å². The lowest BCUT2D eigenvalue weighted by Gasteiger charge is -2.21. The third-order valence-electron chi connectivity index (χ3n) is 4.39. The first-order valence-corrected chi connectivity index (χ1v) is 9.57. The minimum absolute atomic E-state index is 0.0598. The molecule has 6 heteroatoms. The number of rotatable bonds is 7. The standard InChI is InChI=1S/C22H28ClNO4/c1-7-18(28-15-10-8-14(9-11-15)22(2,3)4)21(25)24-17-13-19(26-5)16(23)12-20(17)27-6/h8-13,18H,7H2,1-6H3,(H,24,25)/t18-/m0/s1. The summed E-state index contributed by atoms with van der Waals surface area (Å²) >= 11 is 6.12. The van der Waals surface area contributed by atoms with Crippen LogP contribution in [0.15, 0.2) is 36.4 Å². The average molecular weight is 406 g/mol. The third-order valence-corrected chi connectivity index (χ3v) is 4.69. The molecule has 0 spiro atoms. The molecule has 2 aromatic rings. The van der Waals surface area contributed by atoms with E-state index in [1.165, 1.54) is 19.8 Å². The molecule has 1 N–H and O–H groups in total. The lowest BCUT2D eigenvalue weighted by Crippen LogP contribution is -2.32. The third kappa shape index (κ3) is 5.32. The minimum atomic E-state index is -0.646. The number of anilines is 1. The highest BCUT2D eigenvalue weighted by atomic mass is 35.5. The first-order chi connectivity index (χ1) is 13.2. The summed E-state index contributed by atoms with van der Waals surface area (Å²) in [5.41, 5.74) is 1.73. The molecule has 0 saturated carbocycles. The summed E-state index contributed by atoms with van der Waals surface area (Å²) in [6.07, 6.45) is -0.133. The van der Waals surface area contributed by atoms with Crippen molar-refractivity contribution in [1.29, 1.82) is 0 Å². The molecule has 152 valence electrons. The molecule has 2 aromatic carbocycles. The van der Waals surface area contributed by atoms with E-state index in [2.05, 4.69) is 26.1 Å². The zero-order chi connectivity index (χ0) is 20.9. The SMILES string of the molecule is CC[C@H](Oc1ccc(C(C)(C)C)cc1)C(=O)Nc1cc(OC)c(Cl)cc1OC. The van der Waals surface area contributed by atoms with Crippen LogP contribution in [0.2, 0.25) is 5.02 Å². The van der Waals surface area contributed by atoms with Gasteiger partial charge < -0.3 is 19.5 Å². The molecule has 5 nitrogen and oxygen atoms in total. The van der Waals surface area contributed by atoms with Gasteiger partial charge in [-0.25, -0.2) is 0 Å². The molecule has 0 saturated heterocycles. The van der Waals surface area contributed by atoms with Gasteiger partial charge in [0.05, 0.1) is 24.9 Å². The molecule has 1 atom stereocenters. The lowest BCUT2D eigenvalue weighted by atomic mass is 9.87.